The number of methoxy groups -OCH3 is 1. The average molecular weight is 431 g/mol. The topological polar surface area (TPSA) is 143 Å². The number of benzene rings is 2. The number of aromatic nitrogens is 4. The summed E-state index contributed by atoms with van der Waals surface area (Å²) in [5.41, 5.74) is 2.01. The minimum Gasteiger partial charge on any atom is -0.494 e. The number of rotatable bonds is 6. The molecule has 0 atom stereocenters. The van der Waals surface area contributed by atoms with E-state index >= 15 is 0 Å². The van der Waals surface area contributed by atoms with Gasteiger partial charge in [-0.25, -0.2) is 15.0 Å². The van der Waals surface area contributed by atoms with Crippen LogP contribution in [0.2, 0.25) is 0 Å². The molecule has 0 saturated heterocycles. The van der Waals surface area contributed by atoms with Crippen molar-refractivity contribution in [2.45, 2.75) is 0 Å². The lowest BCUT2D eigenvalue weighted by Crippen LogP contribution is -2.02. The number of nitrogens with one attached hydrogen (secondary N) is 2. The molecule has 0 bridgehead atoms. The third-order valence-corrected chi connectivity index (χ3v) is 4.51. The minimum atomic E-state index is -1.02. The summed E-state index contributed by atoms with van der Waals surface area (Å²) < 4.78 is 19.0. The van der Waals surface area contributed by atoms with Crippen molar-refractivity contribution in [3.63, 3.8) is 0 Å². The van der Waals surface area contributed by atoms with E-state index in [-0.39, 0.29) is 17.4 Å². The Balaban J connectivity index is 1.63. The van der Waals surface area contributed by atoms with Crippen molar-refractivity contribution in [1.29, 1.82) is 5.26 Å². The van der Waals surface area contributed by atoms with Gasteiger partial charge >= 0.3 is 5.69 Å². The van der Waals surface area contributed by atoms with E-state index in [2.05, 4.69) is 31.3 Å². The van der Waals surface area contributed by atoms with Crippen LogP contribution in [0, 0.1) is 27.3 Å². The number of hydrogen-bond donors (Lipinski definition) is 2. The maximum absolute atomic E-state index is 13.9. The van der Waals surface area contributed by atoms with E-state index in [4.69, 9.17) is 10.00 Å². The molecule has 0 amide bonds. The van der Waals surface area contributed by atoms with Crippen LogP contribution in [-0.2, 0) is 0 Å². The van der Waals surface area contributed by atoms with Gasteiger partial charge in [0.2, 0.25) is 11.8 Å². The second kappa shape index (κ2) is 8.49. The van der Waals surface area contributed by atoms with Gasteiger partial charge in [-0.15, -0.1) is 0 Å². The number of hydrogen-bond acceptors (Lipinski definition) is 8. The Hall–Kier alpha value is -4.85. The fourth-order valence-electron chi connectivity index (χ4n) is 2.94. The van der Waals surface area contributed by atoms with Crippen molar-refractivity contribution < 1.29 is 14.1 Å². The summed E-state index contributed by atoms with van der Waals surface area (Å²) in [6.45, 7) is 0. The van der Waals surface area contributed by atoms with Crippen LogP contribution in [0.4, 0.5) is 21.7 Å². The van der Waals surface area contributed by atoms with Crippen molar-refractivity contribution in [2.24, 2.45) is 0 Å². The highest BCUT2D eigenvalue weighted by atomic mass is 19.1. The average Bonchev–Trinajstić information content (AvgIpc) is 3.30. The quantitative estimate of drug-likeness (QED) is 0.341. The van der Waals surface area contributed by atoms with Crippen LogP contribution < -0.4 is 10.1 Å². The second-order valence-corrected chi connectivity index (χ2v) is 6.49. The summed E-state index contributed by atoms with van der Waals surface area (Å²) in [6, 6.07) is 12.7. The predicted octanol–water partition coefficient (Wildman–Crippen LogP) is 4.20. The zero-order valence-corrected chi connectivity index (χ0v) is 16.5. The van der Waals surface area contributed by atoms with Crippen LogP contribution in [-0.4, -0.2) is 32.0 Å². The zero-order chi connectivity index (χ0) is 22.7. The van der Waals surface area contributed by atoms with Crippen molar-refractivity contribution in [2.75, 3.05) is 12.4 Å². The molecule has 11 heteroatoms. The number of H-pyrrole nitrogens is 1. The highest BCUT2D eigenvalue weighted by Crippen LogP contribution is 2.33. The first-order valence-corrected chi connectivity index (χ1v) is 9.16. The van der Waals surface area contributed by atoms with Crippen molar-refractivity contribution in [3.05, 3.63) is 76.4 Å². The number of aromatic amines is 1. The Morgan fingerprint density at radius 2 is 2.00 bits per heavy atom. The van der Waals surface area contributed by atoms with Crippen molar-refractivity contribution in [3.8, 4) is 34.6 Å². The lowest BCUT2D eigenvalue weighted by Gasteiger charge is -2.10. The fourth-order valence-corrected chi connectivity index (χ4v) is 2.94. The smallest absolute Gasteiger partial charge is 0.307 e. The molecule has 0 fully saturated rings. The molecular weight excluding hydrogens is 417 g/mol. The molecule has 10 nitrogen and oxygen atoms in total. The number of ether oxygens (including phenoxy) is 1. The monoisotopic (exact) mass is 431 g/mol. The third-order valence-electron chi connectivity index (χ3n) is 4.51. The van der Waals surface area contributed by atoms with Gasteiger partial charge in [-0.05, 0) is 23.8 Å². The molecule has 2 aromatic carbocycles. The van der Waals surface area contributed by atoms with Gasteiger partial charge in [0.1, 0.15) is 11.4 Å². The van der Waals surface area contributed by atoms with E-state index in [1.807, 2.05) is 0 Å². The van der Waals surface area contributed by atoms with E-state index in [0.717, 1.165) is 23.4 Å². The normalized spacial score (nSPS) is 10.4. The molecule has 0 aliphatic carbocycles. The number of nitrogens with zero attached hydrogens (tertiary/aromatic N) is 5. The molecule has 4 rings (SSSR count). The maximum Gasteiger partial charge on any atom is 0.307 e. The number of halogens is 1. The lowest BCUT2D eigenvalue weighted by molar-refractivity contribution is -0.387. The first-order chi connectivity index (χ1) is 15.5. The molecule has 0 aliphatic heterocycles. The van der Waals surface area contributed by atoms with Crippen LogP contribution in [0.3, 0.4) is 0 Å². The summed E-state index contributed by atoms with van der Waals surface area (Å²) in [6.07, 6.45) is 3.12. The van der Waals surface area contributed by atoms with E-state index in [9.17, 15) is 14.5 Å². The number of nitro benzene ring substituents is 1. The van der Waals surface area contributed by atoms with Gasteiger partial charge in [0.25, 0.3) is 0 Å². The van der Waals surface area contributed by atoms with Gasteiger partial charge in [-0.3, -0.25) is 10.1 Å². The largest absolute Gasteiger partial charge is 0.494 e. The van der Waals surface area contributed by atoms with E-state index < -0.39 is 16.4 Å². The molecule has 0 radical (unpaired) electrons. The molecule has 2 aromatic heterocycles. The Kier molecular flexibility index (Phi) is 5.42. The summed E-state index contributed by atoms with van der Waals surface area (Å²) in [7, 11) is 1.32. The zero-order valence-electron chi connectivity index (χ0n) is 16.5. The number of nitro groups is 1. The van der Waals surface area contributed by atoms with Crippen molar-refractivity contribution >= 4 is 17.3 Å². The maximum atomic E-state index is 13.9. The van der Waals surface area contributed by atoms with Gasteiger partial charge in [0.15, 0.2) is 5.82 Å². The molecule has 2 heterocycles. The van der Waals surface area contributed by atoms with Gasteiger partial charge in [-0.1, -0.05) is 12.1 Å². The standard InChI is InChI=1S/C21H14FN7O3/c1-32-19-8-14(22)18(29(30)31)9-16(19)28-21-24-7-6-15(27-21)20-25-11-17(26-20)13-4-2-12(10-23)3-5-13/h2-9,11H,1H3,(H,25,26)(H,24,27,28). The first-order valence-electron chi connectivity index (χ1n) is 9.16. The van der Waals surface area contributed by atoms with Crippen LogP contribution >= 0.6 is 0 Å². The molecule has 0 aliphatic rings. The molecular formula is C21H14FN7O3. The third kappa shape index (κ3) is 4.05. The van der Waals surface area contributed by atoms with Gasteiger partial charge < -0.3 is 15.0 Å². The Labute approximate surface area is 180 Å². The molecule has 32 heavy (non-hydrogen) atoms. The number of imidazole rings is 1. The van der Waals surface area contributed by atoms with Crippen LogP contribution in [0.25, 0.3) is 22.8 Å². The van der Waals surface area contributed by atoms with Gasteiger partial charge in [-0.2, -0.15) is 9.65 Å². The van der Waals surface area contributed by atoms with Crippen LogP contribution in [0.1, 0.15) is 5.56 Å². The summed E-state index contributed by atoms with van der Waals surface area (Å²) in [4.78, 5) is 26.2. The molecule has 4 aromatic rings. The predicted molar refractivity (Wildman–Crippen MR) is 113 cm³/mol. The highest BCUT2D eigenvalue weighted by molar-refractivity contribution is 5.68. The molecule has 0 unspecified atom stereocenters. The molecule has 0 spiro atoms. The Morgan fingerprint density at radius 1 is 1.22 bits per heavy atom. The SMILES string of the molecule is COc1cc(F)c([N+](=O)[O-])cc1Nc1nccc(-c2ncc(-c3ccc(C#N)cc3)[nH]2)n1. The first kappa shape index (κ1) is 20.4. The van der Waals surface area contributed by atoms with Crippen LogP contribution in [0.5, 0.6) is 5.75 Å². The Morgan fingerprint density at radius 3 is 2.69 bits per heavy atom. The van der Waals surface area contributed by atoms with Gasteiger partial charge in [0, 0.05) is 18.3 Å². The molecule has 158 valence electrons. The second-order valence-electron chi connectivity index (χ2n) is 6.49. The highest BCUT2D eigenvalue weighted by Gasteiger charge is 2.20. The van der Waals surface area contributed by atoms with E-state index in [1.54, 1.807) is 36.5 Å². The summed E-state index contributed by atoms with van der Waals surface area (Å²) in [5, 5.41) is 22.8. The fraction of sp³-hybridized carbons (Fsp3) is 0.0476. The summed E-state index contributed by atoms with van der Waals surface area (Å²) >= 11 is 0. The van der Waals surface area contributed by atoms with Crippen molar-refractivity contribution in [1.82, 2.24) is 19.9 Å². The number of nitriles is 1. The molecule has 2 N–H and O–H groups in total. The summed E-state index contributed by atoms with van der Waals surface area (Å²) in [5.74, 6) is -0.383. The van der Waals surface area contributed by atoms with Crippen LogP contribution in [0.15, 0.2) is 54.9 Å². The Bertz CT molecular complexity index is 1350. The minimum absolute atomic E-state index is 0.0585. The van der Waals surface area contributed by atoms with E-state index in [0.29, 0.717) is 17.1 Å². The van der Waals surface area contributed by atoms with Gasteiger partial charge in [0.05, 0.1) is 41.2 Å². The van der Waals surface area contributed by atoms with E-state index in [1.165, 1.54) is 13.3 Å². The lowest BCUT2D eigenvalue weighted by atomic mass is 10.1. The number of anilines is 2. The molecule has 0 saturated carbocycles.